The molecule has 1 atom stereocenters. The summed E-state index contributed by atoms with van der Waals surface area (Å²) in [5, 5.41) is 8.74. The predicted molar refractivity (Wildman–Crippen MR) is 47.0 cm³/mol. The minimum absolute atomic E-state index is 0.0968. The highest BCUT2D eigenvalue weighted by atomic mass is 16.4. The summed E-state index contributed by atoms with van der Waals surface area (Å²) in [6.45, 7) is -0.0968. The molecule has 0 saturated carbocycles. The van der Waals surface area contributed by atoms with Gasteiger partial charge in [0.15, 0.2) is 5.88 Å². The maximum Gasteiger partial charge on any atom is 0.195 e. The van der Waals surface area contributed by atoms with Crippen LogP contribution in [0.3, 0.4) is 0 Å². The Morgan fingerprint density at radius 1 is 1.58 bits per heavy atom. The monoisotopic (exact) mass is 170 g/mol. The average molecular weight is 170 g/mol. The number of furan rings is 1. The van der Waals surface area contributed by atoms with Gasteiger partial charge < -0.3 is 20.2 Å². The van der Waals surface area contributed by atoms with Gasteiger partial charge in [0.25, 0.3) is 0 Å². The van der Waals surface area contributed by atoms with Gasteiger partial charge in [0.1, 0.15) is 5.76 Å². The van der Waals surface area contributed by atoms with Crippen LogP contribution in [0.25, 0.3) is 0 Å². The van der Waals surface area contributed by atoms with Crippen LogP contribution in [0.4, 0.5) is 5.88 Å². The molecule has 0 amide bonds. The molecule has 0 aliphatic heterocycles. The smallest absolute Gasteiger partial charge is 0.195 e. The van der Waals surface area contributed by atoms with Crippen LogP contribution < -0.4 is 10.6 Å². The average Bonchev–Trinajstić information content (AvgIpc) is 2.51. The molecule has 1 heterocycles. The fraction of sp³-hybridized carbons (Fsp3) is 0.500. The van der Waals surface area contributed by atoms with E-state index in [1.165, 1.54) is 0 Å². The normalized spacial score (nSPS) is 13.0. The number of hydrogen-bond donors (Lipinski definition) is 2. The van der Waals surface area contributed by atoms with E-state index in [9.17, 15) is 0 Å². The molecule has 3 N–H and O–H groups in total. The molecule has 0 spiro atoms. The molecule has 1 rings (SSSR count). The molecule has 0 saturated heterocycles. The van der Waals surface area contributed by atoms with Gasteiger partial charge in [-0.3, -0.25) is 0 Å². The van der Waals surface area contributed by atoms with Gasteiger partial charge in [-0.1, -0.05) is 0 Å². The van der Waals surface area contributed by atoms with E-state index < -0.39 is 6.04 Å². The van der Waals surface area contributed by atoms with Crippen molar-refractivity contribution in [3.63, 3.8) is 0 Å². The molecule has 0 bridgehead atoms. The lowest BCUT2D eigenvalue weighted by Gasteiger charge is -2.08. The van der Waals surface area contributed by atoms with E-state index in [1.807, 2.05) is 25.1 Å². The fourth-order valence-corrected chi connectivity index (χ4v) is 0.872. The Bertz CT molecular complexity index is 245. The molecule has 1 aromatic heterocycles. The molecule has 1 aromatic rings. The number of nitrogens with zero attached hydrogens (tertiary/aromatic N) is 1. The summed E-state index contributed by atoms with van der Waals surface area (Å²) in [6.07, 6.45) is 0. The molecular formula is C8H14N2O2. The van der Waals surface area contributed by atoms with Crippen molar-refractivity contribution in [3.05, 3.63) is 17.9 Å². The Morgan fingerprint density at radius 2 is 2.25 bits per heavy atom. The van der Waals surface area contributed by atoms with Crippen LogP contribution in [-0.4, -0.2) is 25.8 Å². The molecule has 0 radical (unpaired) electrons. The van der Waals surface area contributed by atoms with E-state index in [2.05, 4.69) is 0 Å². The van der Waals surface area contributed by atoms with E-state index in [0.29, 0.717) is 5.76 Å². The van der Waals surface area contributed by atoms with Crippen LogP contribution in [-0.2, 0) is 0 Å². The van der Waals surface area contributed by atoms with Crippen molar-refractivity contribution in [1.82, 2.24) is 0 Å². The van der Waals surface area contributed by atoms with Gasteiger partial charge in [-0.2, -0.15) is 0 Å². The third-order valence-electron chi connectivity index (χ3n) is 1.62. The second-order valence-corrected chi connectivity index (χ2v) is 2.86. The van der Waals surface area contributed by atoms with Crippen molar-refractivity contribution >= 4 is 5.88 Å². The van der Waals surface area contributed by atoms with E-state index in [4.69, 9.17) is 15.3 Å². The summed E-state index contributed by atoms with van der Waals surface area (Å²) < 4.78 is 5.34. The molecule has 12 heavy (non-hydrogen) atoms. The lowest BCUT2D eigenvalue weighted by molar-refractivity contribution is 0.252. The lowest BCUT2D eigenvalue weighted by atomic mass is 10.2. The first-order chi connectivity index (χ1) is 5.65. The molecule has 0 aliphatic carbocycles. The number of hydrogen-bond acceptors (Lipinski definition) is 4. The summed E-state index contributed by atoms with van der Waals surface area (Å²) >= 11 is 0. The number of aliphatic hydroxyl groups is 1. The SMILES string of the molecule is CN(C)c1ccc([C@@H](N)CO)o1. The van der Waals surface area contributed by atoms with Crippen molar-refractivity contribution in [1.29, 1.82) is 0 Å². The lowest BCUT2D eigenvalue weighted by Crippen LogP contribution is -2.13. The molecule has 0 unspecified atom stereocenters. The summed E-state index contributed by atoms with van der Waals surface area (Å²) in [7, 11) is 3.76. The first-order valence-electron chi connectivity index (χ1n) is 3.78. The van der Waals surface area contributed by atoms with Crippen molar-refractivity contribution in [2.24, 2.45) is 5.73 Å². The highest BCUT2D eigenvalue weighted by Gasteiger charge is 2.09. The van der Waals surface area contributed by atoms with Crippen LogP contribution >= 0.6 is 0 Å². The number of anilines is 1. The van der Waals surface area contributed by atoms with Crippen LogP contribution in [0.5, 0.6) is 0 Å². The quantitative estimate of drug-likeness (QED) is 0.686. The molecule has 68 valence electrons. The maximum atomic E-state index is 8.74. The molecule has 4 heteroatoms. The van der Waals surface area contributed by atoms with Gasteiger partial charge >= 0.3 is 0 Å². The highest BCUT2D eigenvalue weighted by molar-refractivity contribution is 5.34. The second kappa shape index (κ2) is 3.60. The van der Waals surface area contributed by atoms with Crippen LogP contribution in [0.15, 0.2) is 16.5 Å². The standard InChI is InChI=1S/C8H14N2O2/c1-10(2)8-4-3-7(12-8)6(9)5-11/h3-4,6,11H,5,9H2,1-2H3/t6-/m0/s1. The van der Waals surface area contributed by atoms with Gasteiger partial charge in [0.2, 0.25) is 0 Å². The summed E-state index contributed by atoms with van der Waals surface area (Å²) in [5.41, 5.74) is 5.55. The van der Waals surface area contributed by atoms with Crippen molar-refractivity contribution < 1.29 is 9.52 Å². The van der Waals surface area contributed by atoms with Gasteiger partial charge in [-0.25, -0.2) is 0 Å². The Kier molecular flexibility index (Phi) is 2.73. The van der Waals surface area contributed by atoms with Gasteiger partial charge in [-0.15, -0.1) is 0 Å². The number of aliphatic hydroxyl groups excluding tert-OH is 1. The summed E-state index contributed by atoms with van der Waals surface area (Å²) in [5.74, 6) is 1.36. The highest BCUT2D eigenvalue weighted by Crippen LogP contribution is 2.19. The molecule has 4 nitrogen and oxygen atoms in total. The van der Waals surface area contributed by atoms with Crippen LogP contribution in [0, 0.1) is 0 Å². The minimum atomic E-state index is -0.418. The minimum Gasteiger partial charge on any atom is -0.444 e. The Morgan fingerprint density at radius 3 is 2.67 bits per heavy atom. The number of rotatable bonds is 3. The van der Waals surface area contributed by atoms with Gasteiger partial charge in [0, 0.05) is 20.2 Å². The Balaban J connectivity index is 2.77. The topological polar surface area (TPSA) is 62.6 Å². The second-order valence-electron chi connectivity index (χ2n) is 2.86. The molecule has 0 fully saturated rings. The predicted octanol–water partition coefficient (Wildman–Crippen LogP) is 0.338. The van der Waals surface area contributed by atoms with Gasteiger partial charge in [0.05, 0.1) is 12.6 Å². The first-order valence-corrected chi connectivity index (χ1v) is 3.78. The zero-order valence-corrected chi connectivity index (χ0v) is 7.32. The number of nitrogens with two attached hydrogens (primary N) is 1. The zero-order chi connectivity index (χ0) is 9.14. The molecule has 0 aliphatic rings. The first kappa shape index (κ1) is 9.09. The molecular weight excluding hydrogens is 156 g/mol. The van der Waals surface area contributed by atoms with E-state index >= 15 is 0 Å². The van der Waals surface area contributed by atoms with Gasteiger partial charge in [-0.05, 0) is 6.07 Å². The third-order valence-corrected chi connectivity index (χ3v) is 1.62. The Labute approximate surface area is 71.6 Å². The Hall–Kier alpha value is -1.00. The van der Waals surface area contributed by atoms with E-state index in [-0.39, 0.29) is 6.61 Å². The third kappa shape index (κ3) is 1.78. The summed E-state index contributed by atoms with van der Waals surface area (Å²) in [6, 6.07) is 3.18. The summed E-state index contributed by atoms with van der Waals surface area (Å²) in [4.78, 5) is 1.84. The van der Waals surface area contributed by atoms with Crippen molar-refractivity contribution in [2.45, 2.75) is 6.04 Å². The zero-order valence-electron chi connectivity index (χ0n) is 7.32. The fourth-order valence-electron chi connectivity index (χ4n) is 0.872. The van der Waals surface area contributed by atoms with E-state index in [1.54, 1.807) is 6.07 Å². The van der Waals surface area contributed by atoms with Crippen molar-refractivity contribution in [3.8, 4) is 0 Å². The molecule has 0 aromatic carbocycles. The largest absolute Gasteiger partial charge is 0.444 e. The van der Waals surface area contributed by atoms with Crippen LogP contribution in [0.1, 0.15) is 11.8 Å². The van der Waals surface area contributed by atoms with Crippen molar-refractivity contribution in [2.75, 3.05) is 25.6 Å². The van der Waals surface area contributed by atoms with E-state index in [0.717, 1.165) is 5.88 Å². The maximum absolute atomic E-state index is 8.74. The van der Waals surface area contributed by atoms with Crippen LogP contribution in [0.2, 0.25) is 0 Å².